The van der Waals surface area contributed by atoms with Crippen molar-refractivity contribution in [3.63, 3.8) is 0 Å². The third-order valence-electron chi connectivity index (χ3n) is 0.408. The average molecular weight is 65.3 g/mol. The summed E-state index contributed by atoms with van der Waals surface area (Å²) in [7, 11) is 5.81. The SMILES string of the molecule is BBBOB. The first-order valence-electron chi connectivity index (χ1n) is 1.90. The van der Waals surface area contributed by atoms with Crippen LogP contribution in [0, 0.1) is 0 Å². The fraction of sp³-hybridized carbons (Fsp3) is 0. The number of hydrogen-bond acceptors (Lipinski definition) is 1. The molecule has 0 spiro atoms. The van der Waals surface area contributed by atoms with Gasteiger partial charge in [0.1, 0.15) is 0 Å². The van der Waals surface area contributed by atoms with Gasteiger partial charge in [0.2, 0.25) is 15.4 Å². The van der Waals surface area contributed by atoms with Crippen LogP contribution in [0.15, 0.2) is 0 Å². The second-order valence-electron chi connectivity index (χ2n) is 0.993. The van der Waals surface area contributed by atoms with E-state index < -0.39 is 0 Å². The highest BCUT2D eigenvalue weighted by molar-refractivity contribution is 7.22. The molecule has 0 saturated heterocycles. The Morgan fingerprint density at radius 2 is 2.20 bits per heavy atom. The van der Waals surface area contributed by atoms with E-state index in [9.17, 15) is 0 Å². The van der Waals surface area contributed by atoms with Gasteiger partial charge in [0.05, 0.1) is 14.8 Å². The van der Waals surface area contributed by atoms with Crippen molar-refractivity contribution in [2.75, 3.05) is 0 Å². The maximum absolute atomic E-state index is 4.69. The maximum atomic E-state index is 4.69. The molecule has 0 atom stereocenters. The molecular formula is H6B4O. The molecule has 0 aromatic carbocycles. The minimum absolute atomic E-state index is 0.889. The molecule has 0 amide bonds. The normalized spacial score (nSPS) is 6.40. The first-order chi connectivity index (χ1) is 2.41. The lowest BCUT2D eigenvalue weighted by Crippen LogP contribution is -2.05. The third kappa shape index (κ3) is 4.22. The zero-order valence-corrected chi connectivity index (χ0v) is 3.82. The van der Waals surface area contributed by atoms with Crippen LogP contribution in [-0.4, -0.2) is 30.2 Å². The second-order valence-corrected chi connectivity index (χ2v) is 0.993. The van der Waals surface area contributed by atoms with Gasteiger partial charge < -0.3 is 4.57 Å². The van der Waals surface area contributed by atoms with E-state index in [4.69, 9.17) is 4.57 Å². The summed E-state index contributed by atoms with van der Waals surface area (Å²) in [4.78, 5) is 0. The minimum Gasteiger partial charge on any atom is -0.513 e. The highest BCUT2D eigenvalue weighted by Gasteiger charge is 1.76. The third-order valence-corrected chi connectivity index (χ3v) is 0.408. The van der Waals surface area contributed by atoms with Crippen molar-refractivity contribution >= 4 is 30.2 Å². The van der Waals surface area contributed by atoms with Crippen LogP contribution >= 0.6 is 0 Å². The van der Waals surface area contributed by atoms with E-state index in [0.29, 0.717) is 0 Å². The number of hydrogen-bond donors (Lipinski definition) is 0. The number of rotatable bonds is 2. The first kappa shape index (κ1) is 5.22. The zero-order chi connectivity index (χ0) is 4.12. The van der Waals surface area contributed by atoms with E-state index in [-0.39, 0.29) is 0 Å². The molecule has 0 fully saturated rings. The predicted molar refractivity (Wildman–Crippen MR) is 32.5 cm³/mol. The summed E-state index contributed by atoms with van der Waals surface area (Å²) in [6.45, 7) is 0. The topological polar surface area (TPSA) is 9.23 Å². The summed E-state index contributed by atoms with van der Waals surface area (Å²) in [6.07, 6.45) is 0. The summed E-state index contributed by atoms with van der Waals surface area (Å²) in [5, 5.41) is 0. The molecule has 0 heterocycles. The summed E-state index contributed by atoms with van der Waals surface area (Å²) >= 11 is 0. The molecule has 1 nitrogen and oxygen atoms in total. The molecule has 24 valence electrons. The minimum atomic E-state index is 0.889. The van der Waals surface area contributed by atoms with E-state index in [1.807, 2.05) is 0 Å². The summed E-state index contributed by atoms with van der Waals surface area (Å²) in [5.74, 6) is 0. The van der Waals surface area contributed by atoms with Crippen LogP contribution in [-0.2, 0) is 4.57 Å². The van der Waals surface area contributed by atoms with Crippen molar-refractivity contribution in [3.05, 3.63) is 0 Å². The van der Waals surface area contributed by atoms with Gasteiger partial charge in [0.25, 0.3) is 0 Å². The highest BCUT2D eigenvalue weighted by atomic mass is 16.4. The molecule has 0 aliphatic rings. The Hall–Kier alpha value is 0.220. The van der Waals surface area contributed by atoms with E-state index in [0.717, 1.165) is 14.4 Å². The summed E-state index contributed by atoms with van der Waals surface area (Å²) in [5.41, 5.74) is 0. The Labute approximate surface area is 35.8 Å². The molecule has 0 radical (unpaired) electrons. The van der Waals surface area contributed by atoms with Crippen molar-refractivity contribution < 1.29 is 4.57 Å². The van der Waals surface area contributed by atoms with Crippen LogP contribution in [0.4, 0.5) is 0 Å². The fourth-order valence-corrected chi connectivity index (χ4v) is 0.204. The Morgan fingerprint density at radius 3 is 2.20 bits per heavy atom. The van der Waals surface area contributed by atoms with E-state index >= 15 is 0 Å². The van der Waals surface area contributed by atoms with E-state index in [2.05, 4.69) is 7.74 Å². The van der Waals surface area contributed by atoms with Crippen molar-refractivity contribution in [1.82, 2.24) is 0 Å². The maximum Gasteiger partial charge on any atom is 0.236 e. The quantitative estimate of drug-likeness (QED) is 0.308. The van der Waals surface area contributed by atoms with Gasteiger partial charge in [-0.15, -0.1) is 0 Å². The van der Waals surface area contributed by atoms with Gasteiger partial charge >= 0.3 is 0 Å². The van der Waals surface area contributed by atoms with E-state index in [1.54, 1.807) is 8.05 Å². The lowest BCUT2D eigenvalue weighted by atomic mass is 9.35. The largest absolute Gasteiger partial charge is 0.513 e. The van der Waals surface area contributed by atoms with Crippen molar-refractivity contribution in [3.8, 4) is 0 Å². The second kappa shape index (κ2) is 4.22. The van der Waals surface area contributed by atoms with Gasteiger partial charge in [-0.25, -0.2) is 0 Å². The molecule has 0 aromatic heterocycles. The molecule has 5 heteroatoms. The van der Waals surface area contributed by atoms with Crippen LogP contribution in [0.2, 0.25) is 0 Å². The molecule has 0 aliphatic carbocycles. The monoisotopic (exact) mass is 66.1 g/mol. The Balaban J connectivity index is 2.19. The smallest absolute Gasteiger partial charge is 0.236 e. The molecule has 0 aliphatic heterocycles. The summed E-state index contributed by atoms with van der Waals surface area (Å²) < 4.78 is 4.69. The van der Waals surface area contributed by atoms with Crippen molar-refractivity contribution in [2.24, 2.45) is 0 Å². The van der Waals surface area contributed by atoms with Crippen LogP contribution in [0.3, 0.4) is 0 Å². The van der Waals surface area contributed by atoms with Gasteiger partial charge in [-0.05, 0) is 0 Å². The molecule has 0 unspecified atom stereocenters. The van der Waals surface area contributed by atoms with Gasteiger partial charge in [0, 0.05) is 0 Å². The molecule has 0 aromatic rings. The van der Waals surface area contributed by atoms with Crippen molar-refractivity contribution in [1.29, 1.82) is 0 Å². The summed E-state index contributed by atoms with van der Waals surface area (Å²) in [6, 6.07) is 0. The molecule has 0 rings (SSSR count). The van der Waals surface area contributed by atoms with Gasteiger partial charge in [-0.3, -0.25) is 0 Å². The Morgan fingerprint density at radius 1 is 1.60 bits per heavy atom. The fourth-order valence-electron chi connectivity index (χ4n) is 0.204. The molecular weight excluding hydrogens is 59.2 g/mol. The lowest BCUT2D eigenvalue weighted by molar-refractivity contribution is 0.682. The van der Waals surface area contributed by atoms with Gasteiger partial charge in [-0.2, -0.15) is 0 Å². The van der Waals surface area contributed by atoms with Gasteiger partial charge in [-0.1, -0.05) is 0 Å². The highest BCUT2D eigenvalue weighted by Crippen LogP contribution is 1.44. The molecule has 0 N–H and O–H groups in total. The Bertz CT molecular complexity index is 11.1. The zero-order valence-electron chi connectivity index (χ0n) is 3.82. The molecule has 5 heavy (non-hydrogen) atoms. The first-order valence-corrected chi connectivity index (χ1v) is 1.90. The predicted octanol–water partition coefficient (Wildman–Crippen LogP) is -3.20. The van der Waals surface area contributed by atoms with Crippen molar-refractivity contribution in [2.45, 2.75) is 0 Å². The molecule has 0 saturated carbocycles. The standard InChI is InChI=1S/B4H6O/c1-3-4-5-2/h3-4H,1-2H2. The van der Waals surface area contributed by atoms with E-state index in [1.165, 1.54) is 0 Å². The van der Waals surface area contributed by atoms with Crippen LogP contribution < -0.4 is 0 Å². The van der Waals surface area contributed by atoms with Crippen LogP contribution in [0.1, 0.15) is 0 Å². The molecule has 0 bridgehead atoms. The average Bonchev–Trinajstić information content (AvgIpc) is 1.41. The van der Waals surface area contributed by atoms with Gasteiger partial charge in [0.15, 0.2) is 0 Å². The van der Waals surface area contributed by atoms with Crippen LogP contribution in [0.25, 0.3) is 0 Å². The lowest BCUT2D eigenvalue weighted by Gasteiger charge is -1.80. The Kier molecular flexibility index (Phi) is 4.41. The van der Waals surface area contributed by atoms with Crippen LogP contribution in [0.5, 0.6) is 0 Å².